The van der Waals surface area contributed by atoms with Crippen LogP contribution in [0.15, 0.2) is 40.6 Å². The highest BCUT2D eigenvalue weighted by Gasteiger charge is 2.39. The first-order valence-electron chi connectivity index (χ1n) is 15.5. The van der Waals surface area contributed by atoms with Crippen LogP contribution in [0.1, 0.15) is 61.4 Å². The average molecular weight is 765 g/mol. The van der Waals surface area contributed by atoms with E-state index in [0.29, 0.717) is 52.9 Å². The third-order valence-corrected chi connectivity index (χ3v) is 11.2. The summed E-state index contributed by atoms with van der Waals surface area (Å²) in [5, 5.41) is 5.52. The lowest BCUT2D eigenvalue weighted by Crippen LogP contribution is -2.39. The highest BCUT2D eigenvalue weighted by molar-refractivity contribution is 8.01. The number of thiazole rings is 1. The van der Waals surface area contributed by atoms with Gasteiger partial charge >= 0.3 is 12.4 Å². The van der Waals surface area contributed by atoms with Crippen molar-refractivity contribution in [3.05, 3.63) is 69.0 Å². The first-order valence-corrected chi connectivity index (χ1v) is 17.9. The summed E-state index contributed by atoms with van der Waals surface area (Å²) in [4.78, 5) is 23.1. The van der Waals surface area contributed by atoms with Crippen molar-refractivity contribution in [1.82, 2.24) is 24.6 Å². The summed E-state index contributed by atoms with van der Waals surface area (Å²) in [7, 11) is 0. The number of alkyl halides is 6. The molecule has 1 saturated heterocycles. The molecule has 0 radical (unpaired) electrons. The number of carbonyl (C=O) groups excluding carboxylic acids is 1. The van der Waals surface area contributed by atoms with Crippen molar-refractivity contribution in [2.75, 3.05) is 26.2 Å². The molecule has 1 aliphatic rings. The van der Waals surface area contributed by atoms with Gasteiger partial charge in [0.05, 0.1) is 36.8 Å². The fourth-order valence-electron chi connectivity index (χ4n) is 5.93. The molecule has 264 valence electrons. The van der Waals surface area contributed by atoms with Gasteiger partial charge in [-0.3, -0.25) is 9.69 Å². The van der Waals surface area contributed by atoms with Gasteiger partial charge in [-0.25, -0.2) is 4.98 Å². The van der Waals surface area contributed by atoms with E-state index in [2.05, 4.69) is 10.00 Å². The minimum absolute atomic E-state index is 0.0421. The molecule has 0 bridgehead atoms. The van der Waals surface area contributed by atoms with E-state index in [1.54, 1.807) is 23.1 Å². The molecule has 16 heteroatoms. The molecule has 2 aromatic carbocycles. The highest BCUT2D eigenvalue weighted by atomic mass is 35.5. The summed E-state index contributed by atoms with van der Waals surface area (Å²) in [6.45, 7) is 11.6. The van der Waals surface area contributed by atoms with Crippen LogP contribution in [0.4, 0.5) is 26.3 Å². The topological polar surface area (TPSA) is 54.3 Å². The Morgan fingerprint density at radius 2 is 1.63 bits per heavy atom. The Labute approximate surface area is 298 Å². The number of benzene rings is 2. The molecule has 4 aromatic rings. The minimum Gasteiger partial charge on any atom is -0.336 e. The van der Waals surface area contributed by atoms with Crippen LogP contribution in [0.3, 0.4) is 0 Å². The minimum atomic E-state index is -5.08. The lowest BCUT2D eigenvalue weighted by molar-refractivity contribution is -0.143. The molecule has 1 amide bonds. The van der Waals surface area contributed by atoms with Crippen LogP contribution in [0, 0.1) is 6.92 Å². The van der Waals surface area contributed by atoms with Gasteiger partial charge in [-0.1, -0.05) is 68.3 Å². The van der Waals surface area contributed by atoms with E-state index < -0.39 is 35.0 Å². The number of hydrogen-bond acceptors (Lipinski definition) is 6. The van der Waals surface area contributed by atoms with Crippen LogP contribution >= 0.6 is 46.3 Å². The number of carbonyl (C=O) groups is 1. The quantitative estimate of drug-likeness (QED) is 0.126. The maximum atomic E-state index is 14.5. The zero-order valence-corrected chi connectivity index (χ0v) is 30.3. The van der Waals surface area contributed by atoms with Crippen molar-refractivity contribution < 1.29 is 31.1 Å². The molecule has 1 aliphatic heterocycles. The Hall–Kier alpha value is -2.78. The van der Waals surface area contributed by atoms with Crippen LogP contribution in [-0.2, 0) is 12.4 Å². The number of rotatable bonds is 9. The first kappa shape index (κ1) is 37.5. The number of aromatic nitrogens is 3. The molecule has 3 heterocycles. The molecule has 2 aromatic heterocycles. The number of amides is 1. The maximum Gasteiger partial charge on any atom is 0.416 e. The molecule has 0 aliphatic carbocycles. The molecule has 0 spiro atoms. The van der Waals surface area contributed by atoms with E-state index in [9.17, 15) is 31.1 Å². The largest absolute Gasteiger partial charge is 0.416 e. The molecule has 5 rings (SSSR count). The molecule has 6 nitrogen and oxygen atoms in total. The highest BCUT2D eigenvalue weighted by Crippen LogP contribution is 2.44. The first-order chi connectivity index (χ1) is 22.9. The summed E-state index contributed by atoms with van der Waals surface area (Å²) in [5.41, 5.74) is -2.47. The molecule has 1 atom stereocenters. The second-order valence-corrected chi connectivity index (χ2v) is 15.5. The van der Waals surface area contributed by atoms with Crippen LogP contribution in [0.2, 0.25) is 10.0 Å². The summed E-state index contributed by atoms with van der Waals surface area (Å²) in [5.74, 6) is -0.569. The van der Waals surface area contributed by atoms with Gasteiger partial charge in [0.25, 0.3) is 5.91 Å². The van der Waals surface area contributed by atoms with Crippen LogP contribution in [0.25, 0.3) is 27.5 Å². The standard InChI is InChI=1S/C33H33Cl2F6N5OS2/c1-6-44(7-2)23-10-11-45(16-23)29(47)28-26(20-12-21(32(36,37)38)15-22(13-20)33(39,40)41)18(5)43-46(28)31-42-27(30(49-31)48-17(3)4)19-8-9-24(34)25(35)14-19/h8-9,12-15,17,23H,6-7,10-11,16H2,1-5H3. The average Bonchev–Trinajstić information content (AvgIpc) is 3.75. The van der Waals surface area contributed by atoms with Crippen molar-refractivity contribution in [2.45, 2.75) is 68.9 Å². The summed E-state index contributed by atoms with van der Waals surface area (Å²) >= 11 is 15.2. The number of thioether (sulfide) groups is 1. The van der Waals surface area contributed by atoms with Crippen LogP contribution in [-0.4, -0.2) is 67.9 Å². The predicted octanol–water partition coefficient (Wildman–Crippen LogP) is 10.4. The van der Waals surface area contributed by atoms with Crippen molar-refractivity contribution >= 4 is 52.2 Å². The van der Waals surface area contributed by atoms with Crippen molar-refractivity contribution in [2.24, 2.45) is 0 Å². The van der Waals surface area contributed by atoms with E-state index in [1.807, 2.05) is 27.7 Å². The number of aryl methyl sites for hydroxylation is 1. The molecule has 0 N–H and O–H groups in total. The van der Waals surface area contributed by atoms with Gasteiger partial charge in [0.15, 0.2) is 0 Å². The van der Waals surface area contributed by atoms with Gasteiger partial charge in [-0.2, -0.15) is 36.1 Å². The van der Waals surface area contributed by atoms with Gasteiger partial charge in [0, 0.05) is 35.5 Å². The van der Waals surface area contributed by atoms with Gasteiger partial charge in [0.2, 0.25) is 5.13 Å². The fourth-order valence-corrected chi connectivity index (χ4v) is 8.70. The van der Waals surface area contributed by atoms with E-state index in [-0.39, 0.29) is 39.4 Å². The second kappa shape index (κ2) is 14.5. The Kier molecular flexibility index (Phi) is 11.1. The lowest BCUT2D eigenvalue weighted by Gasteiger charge is -2.26. The van der Waals surface area contributed by atoms with Gasteiger partial charge < -0.3 is 4.90 Å². The summed E-state index contributed by atoms with van der Waals surface area (Å²) in [6, 6.07) is 6.39. The molecular weight excluding hydrogens is 731 g/mol. The van der Waals surface area contributed by atoms with E-state index >= 15 is 0 Å². The van der Waals surface area contributed by atoms with E-state index in [4.69, 9.17) is 28.2 Å². The molecule has 0 saturated carbocycles. The third kappa shape index (κ3) is 7.93. The Morgan fingerprint density at radius 1 is 1.00 bits per heavy atom. The molecule has 1 fully saturated rings. The fraction of sp³-hybridized carbons (Fsp3) is 0.424. The maximum absolute atomic E-state index is 14.5. The van der Waals surface area contributed by atoms with Crippen LogP contribution in [0.5, 0.6) is 0 Å². The number of hydrogen-bond donors (Lipinski definition) is 0. The predicted molar refractivity (Wildman–Crippen MR) is 183 cm³/mol. The van der Waals surface area contributed by atoms with Gasteiger partial charge in [0.1, 0.15) is 5.69 Å². The molecular formula is C33H33Cl2F6N5OS2. The number of likely N-dealkylation sites (N-methyl/N-ethyl adjacent to an activating group) is 1. The van der Waals surface area contributed by atoms with Gasteiger partial charge in [-0.05, 0) is 62.3 Å². The van der Waals surface area contributed by atoms with E-state index in [1.165, 1.54) is 34.7 Å². The number of nitrogens with zero attached hydrogens (tertiary/aromatic N) is 5. The van der Waals surface area contributed by atoms with Crippen molar-refractivity contribution in [3.8, 4) is 27.5 Å². The number of halogens is 8. The smallest absolute Gasteiger partial charge is 0.336 e. The monoisotopic (exact) mass is 763 g/mol. The molecule has 49 heavy (non-hydrogen) atoms. The SMILES string of the molecule is CCN(CC)C1CCN(C(=O)c2c(-c3cc(C(F)(F)F)cc(C(F)(F)F)c3)c(C)nn2-c2nc(-c3ccc(Cl)c(Cl)c3)c(SC(C)C)s2)C1. The normalized spacial score (nSPS) is 15.7. The Morgan fingerprint density at radius 3 is 2.18 bits per heavy atom. The van der Waals surface area contributed by atoms with E-state index in [0.717, 1.165) is 17.3 Å². The Balaban J connectivity index is 1.75. The zero-order valence-electron chi connectivity index (χ0n) is 27.1. The van der Waals surface area contributed by atoms with Gasteiger partial charge in [-0.15, -0.1) is 11.8 Å². The molecule has 1 unspecified atom stereocenters. The zero-order chi connectivity index (χ0) is 36.0. The number of likely N-dealkylation sites (tertiary alicyclic amines) is 1. The Bertz CT molecular complexity index is 1820. The van der Waals surface area contributed by atoms with Crippen molar-refractivity contribution in [3.63, 3.8) is 0 Å². The lowest BCUT2D eigenvalue weighted by atomic mass is 9.97. The van der Waals surface area contributed by atoms with Crippen LogP contribution < -0.4 is 0 Å². The summed E-state index contributed by atoms with van der Waals surface area (Å²) < 4.78 is 85.9. The summed E-state index contributed by atoms with van der Waals surface area (Å²) in [6.07, 6.45) is -9.50. The third-order valence-electron chi connectivity index (χ3n) is 8.22. The van der Waals surface area contributed by atoms with Crippen molar-refractivity contribution in [1.29, 1.82) is 0 Å². The second-order valence-electron chi connectivity index (χ2n) is 11.9.